The highest BCUT2D eigenvalue weighted by atomic mass is 15.2. The average molecular weight is 284 g/mol. The van der Waals surface area contributed by atoms with Crippen LogP contribution in [0.3, 0.4) is 0 Å². The molecule has 1 unspecified atom stereocenters. The lowest BCUT2D eigenvalue weighted by atomic mass is 10.0. The number of aromatic nitrogens is 3. The number of likely N-dealkylation sites (tertiary alicyclic amines) is 1. The maximum Gasteiger partial charge on any atom is 0.160 e. The molecule has 3 heterocycles. The SMILES string of the molecule is CC(C)N1CCC(Cc2nc3cccnc3n2C2CC2)C1. The second-order valence-electron chi connectivity index (χ2n) is 6.92. The Morgan fingerprint density at radius 2 is 2.14 bits per heavy atom. The van der Waals surface area contributed by atoms with E-state index in [1.54, 1.807) is 0 Å². The second kappa shape index (κ2) is 5.09. The van der Waals surface area contributed by atoms with Crippen molar-refractivity contribution in [2.75, 3.05) is 13.1 Å². The van der Waals surface area contributed by atoms with E-state index < -0.39 is 0 Å². The van der Waals surface area contributed by atoms with Gasteiger partial charge in [0.15, 0.2) is 5.65 Å². The number of fused-ring (bicyclic) bond motifs is 1. The highest BCUT2D eigenvalue weighted by Crippen LogP contribution is 2.39. The first kappa shape index (κ1) is 13.3. The van der Waals surface area contributed by atoms with Gasteiger partial charge in [-0.3, -0.25) is 0 Å². The van der Waals surface area contributed by atoms with E-state index in [4.69, 9.17) is 4.98 Å². The summed E-state index contributed by atoms with van der Waals surface area (Å²) >= 11 is 0. The van der Waals surface area contributed by atoms with Gasteiger partial charge in [-0.1, -0.05) is 0 Å². The van der Waals surface area contributed by atoms with E-state index in [2.05, 4.69) is 34.4 Å². The van der Waals surface area contributed by atoms with Crippen LogP contribution in [0.4, 0.5) is 0 Å². The fourth-order valence-corrected chi connectivity index (χ4v) is 3.59. The molecule has 21 heavy (non-hydrogen) atoms. The van der Waals surface area contributed by atoms with Gasteiger partial charge in [-0.25, -0.2) is 9.97 Å². The van der Waals surface area contributed by atoms with Crippen LogP contribution in [-0.2, 0) is 6.42 Å². The molecular weight excluding hydrogens is 260 g/mol. The highest BCUT2D eigenvalue weighted by Gasteiger charge is 2.31. The minimum Gasteiger partial charge on any atom is -0.310 e. The fourth-order valence-electron chi connectivity index (χ4n) is 3.59. The molecule has 0 bridgehead atoms. The van der Waals surface area contributed by atoms with Gasteiger partial charge in [-0.2, -0.15) is 0 Å². The number of hydrogen-bond donors (Lipinski definition) is 0. The Labute approximate surface area is 126 Å². The number of rotatable bonds is 4. The monoisotopic (exact) mass is 284 g/mol. The highest BCUT2D eigenvalue weighted by molar-refractivity contribution is 5.71. The van der Waals surface area contributed by atoms with Gasteiger partial charge < -0.3 is 9.47 Å². The Morgan fingerprint density at radius 1 is 1.29 bits per heavy atom. The van der Waals surface area contributed by atoms with Crippen molar-refractivity contribution in [1.29, 1.82) is 0 Å². The Hall–Kier alpha value is -1.42. The first-order chi connectivity index (χ1) is 10.2. The molecule has 0 amide bonds. The topological polar surface area (TPSA) is 34.0 Å². The lowest BCUT2D eigenvalue weighted by molar-refractivity contribution is 0.264. The van der Waals surface area contributed by atoms with Gasteiger partial charge in [0.2, 0.25) is 0 Å². The molecule has 112 valence electrons. The third-order valence-corrected chi connectivity index (χ3v) is 4.95. The molecule has 0 aromatic carbocycles. The second-order valence-corrected chi connectivity index (χ2v) is 6.92. The van der Waals surface area contributed by atoms with Crippen LogP contribution >= 0.6 is 0 Å². The van der Waals surface area contributed by atoms with Crippen molar-refractivity contribution in [1.82, 2.24) is 19.4 Å². The number of pyridine rings is 1. The van der Waals surface area contributed by atoms with Crippen LogP contribution in [0.2, 0.25) is 0 Å². The van der Waals surface area contributed by atoms with E-state index in [0.717, 1.165) is 23.5 Å². The van der Waals surface area contributed by atoms with Crippen molar-refractivity contribution in [3.05, 3.63) is 24.2 Å². The van der Waals surface area contributed by atoms with Crippen LogP contribution in [-0.4, -0.2) is 38.6 Å². The van der Waals surface area contributed by atoms with Gasteiger partial charge in [0, 0.05) is 31.2 Å². The summed E-state index contributed by atoms with van der Waals surface area (Å²) in [5.41, 5.74) is 2.16. The Morgan fingerprint density at radius 3 is 2.86 bits per heavy atom. The molecule has 1 aliphatic heterocycles. The average Bonchev–Trinajstić information content (AvgIpc) is 3.08. The van der Waals surface area contributed by atoms with Gasteiger partial charge in [-0.05, 0) is 57.7 Å². The lowest BCUT2D eigenvalue weighted by Crippen LogP contribution is -2.28. The largest absolute Gasteiger partial charge is 0.310 e. The molecule has 1 saturated heterocycles. The van der Waals surface area contributed by atoms with Gasteiger partial charge in [-0.15, -0.1) is 0 Å². The number of hydrogen-bond acceptors (Lipinski definition) is 3. The summed E-state index contributed by atoms with van der Waals surface area (Å²) in [6.07, 6.45) is 6.88. The van der Waals surface area contributed by atoms with Crippen LogP contribution < -0.4 is 0 Å². The Kier molecular flexibility index (Phi) is 3.21. The predicted molar refractivity (Wildman–Crippen MR) is 84.3 cm³/mol. The summed E-state index contributed by atoms with van der Waals surface area (Å²) < 4.78 is 2.42. The maximum atomic E-state index is 4.89. The van der Waals surface area contributed by atoms with E-state index in [9.17, 15) is 0 Å². The van der Waals surface area contributed by atoms with Crippen molar-refractivity contribution in [3.63, 3.8) is 0 Å². The summed E-state index contributed by atoms with van der Waals surface area (Å²) in [4.78, 5) is 12.1. The summed E-state index contributed by atoms with van der Waals surface area (Å²) in [5, 5.41) is 0. The predicted octanol–water partition coefficient (Wildman–Crippen LogP) is 3.04. The van der Waals surface area contributed by atoms with Crippen molar-refractivity contribution in [2.24, 2.45) is 5.92 Å². The van der Waals surface area contributed by atoms with Crippen molar-refractivity contribution in [3.8, 4) is 0 Å². The molecule has 4 nitrogen and oxygen atoms in total. The van der Waals surface area contributed by atoms with Crippen molar-refractivity contribution in [2.45, 2.75) is 51.6 Å². The molecule has 1 aliphatic carbocycles. The molecule has 4 heteroatoms. The summed E-state index contributed by atoms with van der Waals surface area (Å²) in [7, 11) is 0. The molecule has 0 N–H and O–H groups in total. The molecule has 2 aromatic heterocycles. The lowest BCUT2D eigenvalue weighted by Gasteiger charge is -2.20. The van der Waals surface area contributed by atoms with Crippen LogP contribution in [0.25, 0.3) is 11.2 Å². The molecule has 1 atom stereocenters. The van der Waals surface area contributed by atoms with E-state index in [0.29, 0.717) is 12.1 Å². The third-order valence-electron chi connectivity index (χ3n) is 4.95. The van der Waals surface area contributed by atoms with E-state index in [-0.39, 0.29) is 0 Å². The molecule has 2 fully saturated rings. The minimum absolute atomic E-state index is 0.655. The van der Waals surface area contributed by atoms with Crippen LogP contribution in [0.1, 0.15) is 45.0 Å². The molecule has 0 spiro atoms. The minimum atomic E-state index is 0.655. The first-order valence-corrected chi connectivity index (χ1v) is 8.28. The molecule has 0 radical (unpaired) electrons. The summed E-state index contributed by atoms with van der Waals surface area (Å²) in [6, 6.07) is 5.41. The first-order valence-electron chi connectivity index (χ1n) is 8.28. The molecule has 1 saturated carbocycles. The molecular formula is C17H24N4. The Bertz CT molecular complexity index is 641. The molecule has 4 rings (SSSR count). The number of imidazole rings is 1. The number of nitrogens with zero attached hydrogens (tertiary/aromatic N) is 4. The van der Waals surface area contributed by atoms with E-state index in [1.165, 1.54) is 38.2 Å². The molecule has 2 aliphatic rings. The standard InChI is InChI=1S/C17H24N4/c1-12(2)20-9-7-13(11-20)10-16-19-15-4-3-8-18-17(15)21(16)14-5-6-14/h3-4,8,12-14H,5-7,9-11H2,1-2H3. The van der Waals surface area contributed by atoms with Gasteiger partial charge in [0.25, 0.3) is 0 Å². The zero-order valence-electron chi connectivity index (χ0n) is 13.0. The van der Waals surface area contributed by atoms with Crippen molar-refractivity contribution < 1.29 is 0 Å². The van der Waals surface area contributed by atoms with E-state index >= 15 is 0 Å². The zero-order chi connectivity index (χ0) is 14.4. The van der Waals surface area contributed by atoms with Crippen LogP contribution in [0.5, 0.6) is 0 Å². The quantitative estimate of drug-likeness (QED) is 0.865. The smallest absolute Gasteiger partial charge is 0.160 e. The van der Waals surface area contributed by atoms with Crippen LogP contribution in [0, 0.1) is 5.92 Å². The molecule has 2 aromatic rings. The van der Waals surface area contributed by atoms with E-state index in [1.807, 2.05) is 12.3 Å². The maximum absolute atomic E-state index is 4.89. The van der Waals surface area contributed by atoms with Crippen LogP contribution in [0.15, 0.2) is 18.3 Å². The summed E-state index contributed by atoms with van der Waals surface area (Å²) in [6.45, 7) is 7.06. The van der Waals surface area contributed by atoms with Gasteiger partial charge in [0.1, 0.15) is 11.3 Å². The zero-order valence-corrected chi connectivity index (χ0v) is 13.0. The summed E-state index contributed by atoms with van der Waals surface area (Å²) in [5.74, 6) is 2.02. The fraction of sp³-hybridized carbons (Fsp3) is 0.647. The van der Waals surface area contributed by atoms with Crippen molar-refractivity contribution >= 4 is 11.2 Å². The Balaban J connectivity index is 1.60. The normalized spacial score (nSPS) is 23.5. The third kappa shape index (κ3) is 2.46. The van der Waals surface area contributed by atoms with Gasteiger partial charge >= 0.3 is 0 Å². The van der Waals surface area contributed by atoms with Gasteiger partial charge in [0.05, 0.1) is 0 Å².